The van der Waals surface area contributed by atoms with Gasteiger partial charge >= 0.3 is 0 Å². The first-order chi connectivity index (χ1) is 14.5. The molecule has 152 valence electrons. The Labute approximate surface area is 167 Å². The lowest BCUT2D eigenvalue weighted by Gasteiger charge is -2.16. The molecule has 0 atom stereocenters. The van der Waals surface area contributed by atoms with E-state index < -0.39 is 17.8 Å². The highest BCUT2D eigenvalue weighted by atomic mass is 19.3. The number of nitrogens with two attached hydrogens (primary N) is 1. The third-order valence-electron chi connectivity index (χ3n) is 4.20. The van der Waals surface area contributed by atoms with Crippen LogP contribution >= 0.6 is 0 Å². The summed E-state index contributed by atoms with van der Waals surface area (Å²) in [7, 11) is 0. The first-order valence-electron chi connectivity index (χ1n) is 8.55. The fourth-order valence-corrected chi connectivity index (χ4v) is 2.75. The van der Waals surface area contributed by atoms with Crippen LogP contribution < -0.4 is 15.8 Å². The van der Waals surface area contributed by atoms with E-state index in [0.29, 0.717) is 11.3 Å². The Morgan fingerprint density at radius 1 is 1.17 bits per heavy atom. The van der Waals surface area contributed by atoms with Crippen molar-refractivity contribution >= 4 is 28.9 Å². The van der Waals surface area contributed by atoms with Crippen LogP contribution in [-0.4, -0.2) is 24.6 Å². The molecule has 4 rings (SSSR count). The molecule has 0 aliphatic carbocycles. The average molecular weight is 413 g/mol. The van der Waals surface area contributed by atoms with Crippen LogP contribution in [0.15, 0.2) is 49.7 Å². The van der Waals surface area contributed by atoms with Crippen molar-refractivity contribution in [2.24, 2.45) is 0 Å². The van der Waals surface area contributed by atoms with Gasteiger partial charge in [0, 0.05) is 12.3 Å². The summed E-state index contributed by atoms with van der Waals surface area (Å²) in [5.74, 6) is -1.26. The molecule has 0 aliphatic rings. The number of nitrogens with one attached hydrogen (secondary N) is 1. The van der Waals surface area contributed by atoms with E-state index >= 15 is 0 Å². The highest BCUT2D eigenvalue weighted by Gasteiger charge is 2.24. The molecule has 30 heavy (non-hydrogen) atoms. The number of nitrogens with zero attached hydrogens (tertiary/aromatic N) is 5. The largest absolute Gasteiger partial charge is 0.457 e. The lowest BCUT2D eigenvalue weighted by Crippen LogP contribution is -2.06. The molecule has 8 nitrogen and oxygen atoms in total. The molecule has 0 radical (unpaired) electrons. The first-order valence-corrected chi connectivity index (χ1v) is 8.55. The first kappa shape index (κ1) is 19.2. The number of nitrogen functional groups attached to an aromatic ring is 1. The van der Waals surface area contributed by atoms with E-state index in [4.69, 9.17) is 10.5 Å². The van der Waals surface area contributed by atoms with Crippen LogP contribution in [-0.2, 0) is 0 Å². The topological polar surface area (TPSA) is 103 Å². The van der Waals surface area contributed by atoms with Crippen molar-refractivity contribution in [1.82, 2.24) is 24.6 Å². The highest BCUT2D eigenvalue weighted by Crippen LogP contribution is 2.38. The molecule has 3 aromatic heterocycles. The zero-order valence-corrected chi connectivity index (χ0v) is 15.3. The number of benzene rings is 1. The predicted molar refractivity (Wildman–Crippen MR) is 104 cm³/mol. The lowest BCUT2D eigenvalue weighted by molar-refractivity contribution is 0.143. The summed E-state index contributed by atoms with van der Waals surface area (Å²) < 4.78 is 49.3. The molecular formula is C19H14F3N7O. The maximum atomic E-state index is 14.9. The molecule has 11 heteroatoms. The molecule has 0 aliphatic heterocycles. The molecule has 0 saturated heterocycles. The number of pyridine rings is 1. The van der Waals surface area contributed by atoms with Gasteiger partial charge in [-0.1, -0.05) is 6.58 Å². The van der Waals surface area contributed by atoms with E-state index in [-0.39, 0.29) is 28.7 Å². The molecule has 3 heterocycles. The predicted octanol–water partition coefficient (Wildman–Crippen LogP) is 4.36. The Morgan fingerprint density at radius 3 is 2.77 bits per heavy atom. The Kier molecular flexibility index (Phi) is 4.92. The standard InChI is InChI=1S/C19H14F3N7O/c1-2-11-17(23)19(26-8-24-11)28-12-3-4-13(15(16(12)20)18(21)22)30-10-5-6-29-14(7-10)25-9-27-29/h2-9,18H,1,23H2,(H,24,26,28). The van der Waals surface area contributed by atoms with E-state index in [1.54, 1.807) is 6.20 Å². The van der Waals surface area contributed by atoms with Gasteiger partial charge in [0.15, 0.2) is 17.3 Å². The van der Waals surface area contributed by atoms with E-state index in [9.17, 15) is 13.2 Å². The number of alkyl halides is 2. The van der Waals surface area contributed by atoms with E-state index in [0.717, 1.165) is 0 Å². The summed E-state index contributed by atoms with van der Waals surface area (Å²) in [5.41, 5.74) is 5.62. The van der Waals surface area contributed by atoms with Gasteiger partial charge in [-0.25, -0.2) is 32.6 Å². The third kappa shape index (κ3) is 3.48. The lowest BCUT2D eigenvalue weighted by atomic mass is 10.1. The number of rotatable bonds is 6. The number of halogens is 3. The molecular weight excluding hydrogens is 399 g/mol. The third-order valence-corrected chi connectivity index (χ3v) is 4.20. The fraction of sp³-hybridized carbons (Fsp3) is 0.0526. The second-order valence-corrected chi connectivity index (χ2v) is 6.02. The summed E-state index contributed by atoms with van der Waals surface area (Å²) in [6, 6.07) is 5.47. The minimum atomic E-state index is -3.13. The van der Waals surface area contributed by atoms with Gasteiger partial charge in [-0.2, -0.15) is 5.10 Å². The van der Waals surface area contributed by atoms with Crippen molar-refractivity contribution < 1.29 is 17.9 Å². The normalized spacial score (nSPS) is 11.1. The molecule has 0 saturated carbocycles. The molecule has 1 aromatic carbocycles. The Morgan fingerprint density at radius 2 is 2.00 bits per heavy atom. The van der Waals surface area contributed by atoms with Crippen LogP contribution in [0.4, 0.5) is 30.4 Å². The summed E-state index contributed by atoms with van der Waals surface area (Å²) in [5, 5.41) is 6.55. The van der Waals surface area contributed by atoms with Crippen LogP contribution in [0.5, 0.6) is 11.5 Å². The van der Waals surface area contributed by atoms with Gasteiger partial charge in [0.1, 0.15) is 29.8 Å². The van der Waals surface area contributed by atoms with Crippen molar-refractivity contribution in [2.75, 3.05) is 11.1 Å². The van der Waals surface area contributed by atoms with Crippen molar-refractivity contribution in [2.45, 2.75) is 6.43 Å². The van der Waals surface area contributed by atoms with Crippen molar-refractivity contribution in [3.8, 4) is 11.5 Å². The maximum Gasteiger partial charge on any atom is 0.270 e. The smallest absolute Gasteiger partial charge is 0.270 e. The van der Waals surface area contributed by atoms with Crippen LogP contribution in [0.2, 0.25) is 0 Å². The maximum absolute atomic E-state index is 14.9. The molecule has 4 aromatic rings. The van der Waals surface area contributed by atoms with Crippen molar-refractivity contribution in [3.05, 3.63) is 66.8 Å². The number of anilines is 3. The van der Waals surface area contributed by atoms with Crippen molar-refractivity contribution in [3.63, 3.8) is 0 Å². The van der Waals surface area contributed by atoms with Crippen LogP contribution in [0.1, 0.15) is 17.7 Å². The van der Waals surface area contributed by atoms with Crippen LogP contribution in [0.25, 0.3) is 11.7 Å². The molecule has 3 N–H and O–H groups in total. The minimum absolute atomic E-state index is 0.0601. The SMILES string of the molecule is C=Cc1ncnc(Nc2ccc(Oc3ccn4ncnc4c3)c(C(F)F)c2F)c1N. The van der Waals surface area contributed by atoms with E-state index in [2.05, 4.69) is 31.9 Å². The number of hydrogen-bond acceptors (Lipinski definition) is 7. The highest BCUT2D eigenvalue weighted by molar-refractivity contribution is 5.75. The number of aromatic nitrogens is 5. The average Bonchev–Trinajstić information content (AvgIpc) is 3.19. The number of hydrogen-bond donors (Lipinski definition) is 2. The summed E-state index contributed by atoms with van der Waals surface area (Å²) in [6.45, 7) is 3.56. The van der Waals surface area contributed by atoms with Crippen LogP contribution in [0.3, 0.4) is 0 Å². The zero-order valence-electron chi connectivity index (χ0n) is 15.3. The Bertz CT molecular complexity index is 1240. The molecule has 0 bridgehead atoms. The monoisotopic (exact) mass is 413 g/mol. The summed E-state index contributed by atoms with van der Waals surface area (Å²) >= 11 is 0. The zero-order chi connectivity index (χ0) is 21.3. The van der Waals surface area contributed by atoms with Gasteiger partial charge in [-0.3, -0.25) is 0 Å². The second kappa shape index (κ2) is 7.70. The molecule has 0 unspecified atom stereocenters. The molecule has 0 amide bonds. The van der Waals surface area contributed by atoms with Gasteiger partial charge < -0.3 is 15.8 Å². The van der Waals surface area contributed by atoms with E-state index in [1.165, 1.54) is 47.5 Å². The minimum Gasteiger partial charge on any atom is -0.457 e. The number of ether oxygens (including phenoxy) is 1. The fourth-order valence-electron chi connectivity index (χ4n) is 2.75. The van der Waals surface area contributed by atoms with E-state index in [1.807, 2.05) is 0 Å². The Balaban J connectivity index is 1.70. The van der Waals surface area contributed by atoms with Gasteiger partial charge in [-0.15, -0.1) is 0 Å². The quantitative estimate of drug-likeness (QED) is 0.484. The summed E-state index contributed by atoms with van der Waals surface area (Å²) in [6.07, 6.45) is 2.33. The Hall–Kier alpha value is -4.15. The van der Waals surface area contributed by atoms with Gasteiger partial charge in [0.05, 0.1) is 16.9 Å². The number of fused-ring (bicyclic) bond motifs is 1. The van der Waals surface area contributed by atoms with Gasteiger partial charge in [0.25, 0.3) is 6.43 Å². The summed E-state index contributed by atoms with van der Waals surface area (Å²) in [4.78, 5) is 11.8. The molecule has 0 spiro atoms. The second-order valence-electron chi connectivity index (χ2n) is 6.02. The molecule has 0 fully saturated rings. The van der Waals surface area contributed by atoms with Gasteiger partial charge in [0.2, 0.25) is 0 Å². The van der Waals surface area contributed by atoms with Gasteiger partial charge in [-0.05, 0) is 24.3 Å². The van der Waals surface area contributed by atoms with Crippen LogP contribution in [0, 0.1) is 5.82 Å². The van der Waals surface area contributed by atoms with Crippen molar-refractivity contribution in [1.29, 1.82) is 0 Å².